The van der Waals surface area contributed by atoms with Gasteiger partial charge in [-0.3, -0.25) is 24.3 Å². The number of aromatic nitrogens is 4. The second kappa shape index (κ2) is 12.4. The molecular weight excluding hydrogens is 516 g/mol. The molecule has 0 amide bonds. The molecule has 4 N–H and O–H groups in total. The number of fused-ring (bicyclic) bond motifs is 1. The van der Waals surface area contributed by atoms with Crippen LogP contribution in [0.3, 0.4) is 0 Å². The van der Waals surface area contributed by atoms with E-state index in [0.29, 0.717) is 22.3 Å². The molecular formula is C24H26N6O9. The second-order valence-electron chi connectivity index (χ2n) is 8.67. The minimum absolute atomic E-state index is 0.0131. The molecule has 2 aromatic heterocycles. The summed E-state index contributed by atoms with van der Waals surface area (Å²) in [5, 5.41) is 31.2. The summed E-state index contributed by atoms with van der Waals surface area (Å²) in [5.41, 5.74) is 7.74. The van der Waals surface area contributed by atoms with Crippen LogP contribution in [-0.2, 0) is 30.4 Å². The molecule has 3 aromatic rings. The van der Waals surface area contributed by atoms with Crippen LogP contribution >= 0.6 is 0 Å². The van der Waals surface area contributed by atoms with Crippen LogP contribution in [0.4, 0.5) is 5.82 Å². The SMILES string of the molecule is Nc1ncnc2c1ncn2[C@@H]1O[C@H](COC(=O)CCCC(=O)OCc2ccc(/C=C/[N+](=O)[O-])cc2)[C@@H](O)[C@H]1O. The van der Waals surface area contributed by atoms with E-state index in [1.165, 1.54) is 23.3 Å². The molecule has 0 unspecified atom stereocenters. The highest BCUT2D eigenvalue weighted by molar-refractivity contribution is 5.81. The number of ether oxygens (including phenoxy) is 3. The van der Waals surface area contributed by atoms with E-state index in [-0.39, 0.29) is 38.3 Å². The molecule has 0 saturated carbocycles. The topological polar surface area (TPSA) is 215 Å². The van der Waals surface area contributed by atoms with Crippen LogP contribution in [0.25, 0.3) is 17.2 Å². The number of hydrogen-bond acceptors (Lipinski definition) is 13. The first-order valence-corrected chi connectivity index (χ1v) is 11.9. The van der Waals surface area contributed by atoms with E-state index in [1.54, 1.807) is 24.3 Å². The zero-order valence-corrected chi connectivity index (χ0v) is 20.5. The highest BCUT2D eigenvalue weighted by Crippen LogP contribution is 2.32. The Morgan fingerprint density at radius 1 is 1.10 bits per heavy atom. The summed E-state index contributed by atoms with van der Waals surface area (Å²) in [6, 6.07) is 6.69. The molecule has 0 bridgehead atoms. The average molecular weight is 543 g/mol. The molecule has 0 aliphatic carbocycles. The van der Waals surface area contributed by atoms with Gasteiger partial charge in [0.05, 0.1) is 11.3 Å². The fourth-order valence-electron chi connectivity index (χ4n) is 3.89. The number of imidazole rings is 1. The minimum atomic E-state index is -1.34. The lowest BCUT2D eigenvalue weighted by molar-refractivity contribution is -0.400. The van der Waals surface area contributed by atoms with Gasteiger partial charge in [0.1, 0.15) is 43.4 Å². The number of nitrogens with zero attached hydrogens (tertiary/aromatic N) is 5. The second-order valence-corrected chi connectivity index (χ2v) is 8.67. The Labute approximate surface area is 221 Å². The van der Waals surface area contributed by atoms with Gasteiger partial charge in [0.2, 0.25) is 6.20 Å². The standard InChI is InChI=1S/C24H26N6O9/c25-22-19-23(27-12-26-22)29(13-28-19)24-21(34)20(33)16(39-24)11-38-18(32)3-1-2-17(31)37-10-15-6-4-14(5-7-15)8-9-30(35)36/h4-9,12-13,16,20-21,24,33-34H,1-3,10-11H2,(H2,25,26,27)/b9-8+/t16-,20-,21-,24-/m1/s1. The van der Waals surface area contributed by atoms with Crippen molar-refractivity contribution in [2.45, 2.75) is 50.4 Å². The maximum Gasteiger partial charge on any atom is 0.306 e. The van der Waals surface area contributed by atoms with Crippen molar-refractivity contribution in [3.05, 3.63) is 64.4 Å². The predicted octanol–water partition coefficient (Wildman–Crippen LogP) is 0.732. The van der Waals surface area contributed by atoms with E-state index in [9.17, 15) is 29.9 Å². The van der Waals surface area contributed by atoms with Crippen molar-refractivity contribution in [3.63, 3.8) is 0 Å². The molecule has 39 heavy (non-hydrogen) atoms. The Hall–Kier alpha value is -4.47. The minimum Gasteiger partial charge on any atom is -0.463 e. The normalized spacial score (nSPS) is 20.9. The van der Waals surface area contributed by atoms with Gasteiger partial charge in [-0.2, -0.15) is 0 Å². The summed E-state index contributed by atoms with van der Waals surface area (Å²) in [4.78, 5) is 46.0. The molecule has 15 heteroatoms. The molecule has 0 spiro atoms. The number of rotatable bonds is 11. The van der Waals surface area contributed by atoms with E-state index in [2.05, 4.69) is 15.0 Å². The van der Waals surface area contributed by atoms with Crippen molar-refractivity contribution in [1.82, 2.24) is 19.5 Å². The number of aliphatic hydroxyl groups is 2. The number of nitrogen functional groups attached to an aromatic ring is 1. The van der Waals surface area contributed by atoms with Crippen LogP contribution in [0, 0.1) is 10.1 Å². The first kappa shape index (κ1) is 27.6. The number of esters is 2. The fraction of sp³-hybridized carbons (Fsp3) is 0.375. The van der Waals surface area contributed by atoms with Gasteiger partial charge in [-0.05, 0) is 17.5 Å². The number of anilines is 1. The van der Waals surface area contributed by atoms with E-state index >= 15 is 0 Å². The summed E-state index contributed by atoms with van der Waals surface area (Å²) in [5.74, 6) is -0.957. The monoisotopic (exact) mass is 542 g/mol. The lowest BCUT2D eigenvalue weighted by atomic mass is 10.1. The summed E-state index contributed by atoms with van der Waals surface area (Å²) in [6.07, 6.45) is 0.161. The smallest absolute Gasteiger partial charge is 0.306 e. The third-order valence-corrected chi connectivity index (χ3v) is 5.94. The highest BCUT2D eigenvalue weighted by atomic mass is 16.6. The molecule has 15 nitrogen and oxygen atoms in total. The number of nitro groups is 1. The Bertz CT molecular complexity index is 1360. The Kier molecular flexibility index (Phi) is 8.75. The van der Waals surface area contributed by atoms with Crippen molar-refractivity contribution in [3.8, 4) is 0 Å². The maximum absolute atomic E-state index is 12.1. The zero-order valence-electron chi connectivity index (χ0n) is 20.5. The summed E-state index contributed by atoms with van der Waals surface area (Å²) in [7, 11) is 0. The molecule has 3 heterocycles. The number of carbonyl (C=O) groups excluding carboxylic acids is 2. The quantitative estimate of drug-likeness (QED) is 0.173. The van der Waals surface area contributed by atoms with Crippen LogP contribution in [0.2, 0.25) is 0 Å². The molecule has 1 fully saturated rings. The maximum atomic E-state index is 12.1. The molecule has 1 aliphatic rings. The largest absolute Gasteiger partial charge is 0.463 e. The first-order chi connectivity index (χ1) is 18.7. The Morgan fingerprint density at radius 3 is 2.54 bits per heavy atom. The molecule has 0 radical (unpaired) electrons. The molecule has 1 aromatic carbocycles. The van der Waals surface area contributed by atoms with Gasteiger partial charge < -0.3 is 30.2 Å². The van der Waals surface area contributed by atoms with Crippen molar-refractivity contribution < 1.29 is 38.9 Å². The average Bonchev–Trinajstić information content (AvgIpc) is 3.47. The lowest BCUT2D eigenvalue weighted by Crippen LogP contribution is -2.34. The fourth-order valence-corrected chi connectivity index (χ4v) is 3.89. The predicted molar refractivity (Wildman–Crippen MR) is 133 cm³/mol. The number of nitrogens with two attached hydrogens (primary N) is 1. The summed E-state index contributed by atoms with van der Waals surface area (Å²) in [6.45, 7) is -0.289. The van der Waals surface area contributed by atoms with Crippen LogP contribution in [0.5, 0.6) is 0 Å². The lowest BCUT2D eigenvalue weighted by Gasteiger charge is -2.16. The molecule has 1 saturated heterocycles. The van der Waals surface area contributed by atoms with E-state index in [0.717, 1.165) is 6.20 Å². The number of hydrogen-bond donors (Lipinski definition) is 3. The molecule has 1 aliphatic heterocycles. The highest BCUT2D eigenvalue weighted by Gasteiger charge is 2.45. The van der Waals surface area contributed by atoms with Crippen LogP contribution in [0.15, 0.2) is 43.1 Å². The third kappa shape index (κ3) is 6.90. The van der Waals surface area contributed by atoms with Crippen molar-refractivity contribution >= 4 is 35.0 Å². The van der Waals surface area contributed by atoms with Crippen molar-refractivity contribution in [1.29, 1.82) is 0 Å². The first-order valence-electron chi connectivity index (χ1n) is 11.9. The van der Waals surface area contributed by atoms with Crippen LogP contribution in [0.1, 0.15) is 36.6 Å². The van der Waals surface area contributed by atoms with Gasteiger partial charge in [0.15, 0.2) is 17.7 Å². The number of carbonyl (C=O) groups is 2. The van der Waals surface area contributed by atoms with Crippen LogP contribution in [-0.4, -0.2) is 71.5 Å². The van der Waals surface area contributed by atoms with Gasteiger partial charge >= 0.3 is 11.9 Å². The van der Waals surface area contributed by atoms with Gasteiger partial charge in [0.25, 0.3) is 0 Å². The van der Waals surface area contributed by atoms with E-state index < -0.39 is 41.4 Å². The van der Waals surface area contributed by atoms with E-state index in [4.69, 9.17) is 19.9 Å². The Balaban J connectivity index is 1.17. The number of aliphatic hydroxyl groups excluding tert-OH is 2. The van der Waals surface area contributed by atoms with Gasteiger partial charge in [-0.15, -0.1) is 0 Å². The van der Waals surface area contributed by atoms with Crippen molar-refractivity contribution in [2.75, 3.05) is 12.3 Å². The van der Waals surface area contributed by atoms with Crippen molar-refractivity contribution in [2.24, 2.45) is 0 Å². The van der Waals surface area contributed by atoms with Gasteiger partial charge in [-0.1, -0.05) is 24.3 Å². The van der Waals surface area contributed by atoms with Gasteiger partial charge in [-0.25, -0.2) is 15.0 Å². The molecule has 4 rings (SSSR count). The molecule has 206 valence electrons. The molecule has 4 atom stereocenters. The summed E-state index contributed by atoms with van der Waals surface area (Å²) >= 11 is 0. The third-order valence-electron chi connectivity index (χ3n) is 5.94. The Morgan fingerprint density at radius 2 is 1.82 bits per heavy atom. The van der Waals surface area contributed by atoms with Crippen LogP contribution < -0.4 is 5.73 Å². The number of benzene rings is 1. The summed E-state index contributed by atoms with van der Waals surface area (Å²) < 4.78 is 17.5. The van der Waals surface area contributed by atoms with E-state index in [1.807, 2.05) is 0 Å². The zero-order chi connectivity index (χ0) is 27.9. The van der Waals surface area contributed by atoms with Gasteiger partial charge in [0, 0.05) is 18.9 Å².